The molecule has 1 N–H and O–H groups in total. The second-order valence-electron chi connectivity index (χ2n) is 7.10. The summed E-state index contributed by atoms with van der Waals surface area (Å²) in [5.74, 6) is -1.59. The van der Waals surface area contributed by atoms with Crippen molar-refractivity contribution in [2.45, 2.75) is 24.9 Å². The van der Waals surface area contributed by atoms with E-state index in [4.69, 9.17) is 4.74 Å². The van der Waals surface area contributed by atoms with Gasteiger partial charge in [0, 0.05) is 6.42 Å². The molecule has 1 aliphatic heterocycles. The van der Waals surface area contributed by atoms with Gasteiger partial charge in [0.2, 0.25) is 5.91 Å². The molecule has 0 bridgehead atoms. The van der Waals surface area contributed by atoms with E-state index in [1.54, 1.807) is 24.3 Å². The van der Waals surface area contributed by atoms with Crippen LogP contribution in [-0.2, 0) is 20.7 Å². The summed E-state index contributed by atoms with van der Waals surface area (Å²) < 4.78 is 4.86. The van der Waals surface area contributed by atoms with Gasteiger partial charge >= 0.3 is 5.97 Å². The number of imide groups is 1. The molecule has 3 amide bonds. The molecule has 1 heterocycles. The van der Waals surface area contributed by atoms with Crippen molar-refractivity contribution in [3.8, 4) is 0 Å². The van der Waals surface area contributed by atoms with Crippen molar-refractivity contribution in [1.82, 2.24) is 10.2 Å². The molecule has 8 heteroatoms. The number of rotatable bonds is 9. The zero-order chi connectivity index (χ0) is 22.4. The standard InChI is InChI=1S/C23H24N2O5S/c1-30-23(29)18(14-15-8-4-3-5-9-15)24-20(26)19(12-13-31-2)25-21(27)16-10-6-7-11-17(16)22(25)28/h3-11,18-19H,12-14H2,1-2H3,(H,24,26)/t18-,19+/m0/s1. The molecular weight excluding hydrogens is 416 g/mol. The highest BCUT2D eigenvalue weighted by molar-refractivity contribution is 7.98. The normalized spacial score (nSPS) is 14.7. The van der Waals surface area contributed by atoms with Gasteiger partial charge < -0.3 is 10.1 Å². The molecule has 0 spiro atoms. The molecule has 7 nitrogen and oxygen atoms in total. The Morgan fingerprint density at radius 3 is 2.13 bits per heavy atom. The molecule has 2 aromatic rings. The summed E-state index contributed by atoms with van der Waals surface area (Å²) in [6.07, 6.45) is 2.39. The quantitative estimate of drug-likeness (QED) is 0.475. The minimum absolute atomic E-state index is 0.233. The van der Waals surface area contributed by atoms with E-state index in [-0.39, 0.29) is 24.0 Å². The van der Waals surface area contributed by atoms with Gasteiger partial charge in [-0.2, -0.15) is 11.8 Å². The number of benzene rings is 2. The number of esters is 1. The fourth-order valence-corrected chi connectivity index (χ4v) is 4.01. The lowest BCUT2D eigenvalue weighted by atomic mass is 10.0. The number of thioether (sulfide) groups is 1. The molecular formula is C23H24N2O5S. The number of amides is 3. The second kappa shape index (κ2) is 10.3. The number of nitrogens with one attached hydrogen (secondary N) is 1. The Balaban J connectivity index is 1.84. The molecule has 162 valence electrons. The Kier molecular flexibility index (Phi) is 7.46. The van der Waals surface area contributed by atoms with Gasteiger partial charge in [-0.3, -0.25) is 19.3 Å². The Labute approximate surface area is 185 Å². The minimum atomic E-state index is -1.03. The van der Waals surface area contributed by atoms with Crippen LogP contribution in [0.15, 0.2) is 54.6 Å². The lowest BCUT2D eigenvalue weighted by Crippen LogP contribution is -2.54. The first-order valence-corrected chi connectivity index (χ1v) is 11.2. The third-order valence-electron chi connectivity index (χ3n) is 5.12. The van der Waals surface area contributed by atoms with E-state index in [9.17, 15) is 19.2 Å². The number of hydrogen-bond donors (Lipinski definition) is 1. The van der Waals surface area contributed by atoms with Gasteiger partial charge in [0.15, 0.2) is 0 Å². The Morgan fingerprint density at radius 2 is 1.58 bits per heavy atom. The molecule has 0 radical (unpaired) electrons. The first-order valence-electron chi connectivity index (χ1n) is 9.86. The number of carbonyl (C=O) groups excluding carboxylic acids is 4. The van der Waals surface area contributed by atoms with Crippen LogP contribution < -0.4 is 5.32 Å². The van der Waals surface area contributed by atoms with Gasteiger partial charge in [-0.1, -0.05) is 42.5 Å². The highest BCUT2D eigenvalue weighted by Crippen LogP contribution is 2.26. The van der Waals surface area contributed by atoms with Crippen molar-refractivity contribution < 1.29 is 23.9 Å². The molecule has 1 aliphatic rings. The summed E-state index contributed by atoms with van der Waals surface area (Å²) in [7, 11) is 1.25. The summed E-state index contributed by atoms with van der Waals surface area (Å²) in [6, 6.07) is 13.8. The maximum Gasteiger partial charge on any atom is 0.328 e. The second-order valence-corrected chi connectivity index (χ2v) is 8.08. The Bertz CT molecular complexity index is 944. The third-order valence-corrected chi connectivity index (χ3v) is 5.76. The zero-order valence-corrected chi connectivity index (χ0v) is 18.2. The van der Waals surface area contributed by atoms with Crippen molar-refractivity contribution in [1.29, 1.82) is 0 Å². The number of ether oxygens (including phenoxy) is 1. The van der Waals surface area contributed by atoms with E-state index in [0.29, 0.717) is 5.75 Å². The molecule has 0 aromatic heterocycles. The van der Waals surface area contributed by atoms with Crippen LogP contribution in [0, 0.1) is 0 Å². The topological polar surface area (TPSA) is 92.8 Å². The highest BCUT2D eigenvalue weighted by atomic mass is 32.2. The monoisotopic (exact) mass is 440 g/mol. The first kappa shape index (κ1) is 22.6. The fraction of sp³-hybridized carbons (Fsp3) is 0.304. The van der Waals surface area contributed by atoms with Crippen LogP contribution in [0.2, 0.25) is 0 Å². The van der Waals surface area contributed by atoms with Gasteiger partial charge in [-0.15, -0.1) is 0 Å². The van der Waals surface area contributed by atoms with Crippen molar-refractivity contribution in [2.75, 3.05) is 19.1 Å². The molecule has 3 rings (SSSR count). The zero-order valence-electron chi connectivity index (χ0n) is 17.4. The van der Waals surface area contributed by atoms with Gasteiger partial charge in [-0.05, 0) is 36.1 Å². The lowest BCUT2D eigenvalue weighted by molar-refractivity contribution is -0.145. The molecule has 31 heavy (non-hydrogen) atoms. The highest BCUT2D eigenvalue weighted by Gasteiger charge is 2.43. The summed E-state index contributed by atoms with van der Waals surface area (Å²) in [6.45, 7) is 0. The molecule has 2 atom stereocenters. The molecule has 2 aromatic carbocycles. The minimum Gasteiger partial charge on any atom is -0.467 e. The van der Waals surface area contributed by atoms with Gasteiger partial charge in [0.05, 0.1) is 18.2 Å². The van der Waals surface area contributed by atoms with Crippen molar-refractivity contribution in [3.05, 3.63) is 71.3 Å². The van der Waals surface area contributed by atoms with Gasteiger partial charge in [-0.25, -0.2) is 4.79 Å². The van der Waals surface area contributed by atoms with Crippen LogP contribution in [0.25, 0.3) is 0 Å². The van der Waals surface area contributed by atoms with Crippen molar-refractivity contribution >= 4 is 35.5 Å². The molecule has 0 fully saturated rings. The predicted molar refractivity (Wildman–Crippen MR) is 118 cm³/mol. The third kappa shape index (κ3) is 4.96. The van der Waals surface area contributed by atoms with Gasteiger partial charge in [0.1, 0.15) is 12.1 Å². The Morgan fingerprint density at radius 1 is 1.00 bits per heavy atom. The largest absolute Gasteiger partial charge is 0.467 e. The number of carbonyl (C=O) groups is 4. The first-order chi connectivity index (χ1) is 15.0. The van der Waals surface area contributed by atoms with Crippen LogP contribution in [0.1, 0.15) is 32.7 Å². The molecule has 0 unspecified atom stereocenters. The summed E-state index contributed by atoms with van der Waals surface area (Å²) in [4.78, 5) is 52.4. The smallest absolute Gasteiger partial charge is 0.328 e. The maximum absolute atomic E-state index is 13.2. The summed E-state index contributed by atoms with van der Waals surface area (Å²) in [5, 5.41) is 2.70. The van der Waals surface area contributed by atoms with E-state index >= 15 is 0 Å². The average molecular weight is 441 g/mol. The van der Waals surface area contributed by atoms with Gasteiger partial charge in [0.25, 0.3) is 11.8 Å². The molecule has 0 saturated carbocycles. The maximum atomic E-state index is 13.2. The predicted octanol–water partition coefficient (Wildman–Crippen LogP) is 2.30. The van der Waals surface area contributed by atoms with Crippen LogP contribution in [0.3, 0.4) is 0 Å². The number of fused-ring (bicyclic) bond motifs is 1. The lowest BCUT2D eigenvalue weighted by Gasteiger charge is -2.27. The molecule has 0 saturated heterocycles. The SMILES string of the molecule is COC(=O)[C@H](Cc1ccccc1)NC(=O)[C@@H](CCSC)N1C(=O)c2ccccc2C1=O. The van der Waals surface area contributed by atoms with E-state index in [0.717, 1.165) is 10.5 Å². The van der Waals surface area contributed by atoms with E-state index < -0.39 is 35.8 Å². The van der Waals surface area contributed by atoms with E-state index in [1.807, 2.05) is 36.6 Å². The fourth-order valence-electron chi connectivity index (χ4n) is 3.55. The van der Waals surface area contributed by atoms with Crippen molar-refractivity contribution in [3.63, 3.8) is 0 Å². The number of methoxy groups -OCH3 is 1. The number of hydrogen-bond acceptors (Lipinski definition) is 6. The van der Waals surface area contributed by atoms with Crippen LogP contribution in [0.4, 0.5) is 0 Å². The van der Waals surface area contributed by atoms with Crippen molar-refractivity contribution in [2.24, 2.45) is 0 Å². The van der Waals surface area contributed by atoms with Crippen LogP contribution in [-0.4, -0.2) is 59.8 Å². The molecule has 0 aliphatic carbocycles. The Hall–Kier alpha value is -3.13. The summed E-state index contributed by atoms with van der Waals surface area (Å²) in [5.41, 5.74) is 1.41. The van der Waals surface area contributed by atoms with Crippen LogP contribution in [0.5, 0.6) is 0 Å². The van der Waals surface area contributed by atoms with E-state index in [1.165, 1.54) is 18.9 Å². The van der Waals surface area contributed by atoms with Crippen LogP contribution >= 0.6 is 11.8 Å². The summed E-state index contributed by atoms with van der Waals surface area (Å²) >= 11 is 1.50. The number of nitrogens with zero attached hydrogens (tertiary/aromatic N) is 1. The average Bonchev–Trinajstić information content (AvgIpc) is 3.04. The van der Waals surface area contributed by atoms with E-state index in [2.05, 4.69) is 5.32 Å².